The van der Waals surface area contributed by atoms with E-state index in [1.165, 1.54) is 0 Å². The van der Waals surface area contributed by atoms with Gasteiger partial charge < -0.3 is 10.4 Å². The smallest absolute Gasteiger partial charge is 0.0697 e. The Labute approximate surface area is 65.1 Å². The van der Waals surface area contributed by atoms with Gasteiger partial charge in [-0.05, 0) is 11.6 Å². The molecule has 3 heteroatoms. The van der Waals surface area contributed by atoms with Crippen molar-refractivity contribution in [2.24, 2.45) is 0 Å². The van der Waals surface area contributed by atoms with E-state index < -0.39 is 0 Å². The number of nitrogens with zero attached hydrogens (tertiary/aromatic N) is 1. The Morgan fingerprint density at radius 3 is 3.36 bits per heavy atom. The molecule has 2 heterocycles. The largest absolute Gasteiger partial charge is 0.392 e. The molecule has 58 valence electrons. The highest BCUT2D eigenvalue weighted by molar-refractivity contribution is 5.53. The highest BCUT2D eigenvalue weighted by Crippen LogP contribution is 2.20. The van der Waals surface area contributed by atoms with Gasteiger partial charge in [-0.1, -0.05) is 0 Å². The summed E-state index contributed by atoms with van der Waals surface area (Å²) in [6.45, 7) is 1.04. The maximum atomic E-state index is 8.80. The van der Waals surface area contributed by atoms with Crippen LogP contribution in [-0.2, 0) is 13.0 Å². The summed E-state index contributed by atoms with van der Waals surface area (Å²) in [7, 11) is 0. The van der Waals surface area contributed by atoms with Crippen LogP contribution in [-0.4, -0.2) is 16.6 Å². The van der Waals surface area contributed by atoms with Crippen LogP contribution in [0.5, 0.6) is 0 Å². The van der Waals surface area contributed by atoms with E-state index in [0.717, 1.165) is 29.9 Å². The molecule has 0 aliphatic carbocycles. The van der Waals surface area contributed by atoms with Crippen molar-refractivity contribution in [1.82, 2.24) is 4.98 Å². The number of aliphatic hydroxyl groups excluding tert-OH is 1. The van der Waals surface area contributed by atoms with Gasteiger partial charge in [0.2, 0.25) is 0 Å². The van der Waals surface area contributed by atoms with Crippen molar-refractivity contribution in [2.45, 2.75) is 13.0 Å². The van der Waals surface area contributed by atoms with Crippen LogP contribution in [0.3, 0.4) is 0 Å². The van der Waals surface area contributed by atoms with Crippen LogP contribution in [0.25, 0.3) is 0 Å². The molecule has 1 aliphatic heterocycles. The van der Waals surface area contributed by atoms with Gasteiger partial charge in [-0.2, -0.15) is 0 Å². The molecule has 0 radical (unpaired) electrons. The minimum Gasteiger partial charge on any atom is -0.392 e. The maximum absolute atomic E-state index is 8.80. The molecular formula is C8H10N2O. The van der Waals surface area contributed by atoms with Crippen LogP contribution in [0.4, 0.5) is 5.69 Å². The Hall–Kier alpha value is -1.09. The van der Waals surface area contributed by atoms with E-state index in [2.05, 4.69) is 10.3 Å². The van der Waals surface area contributed by atoms with E-state index in [4.69, 9.17) is 5.11 Å². The summed E-state index contributed by atoms with van der Waals surface area (Å²) in [5, 5.41) is 12.0. The molecule has 11 heavy (non-hydrogen) atoms. The second-order valence-electron chi connectivity index (χ2n) is 2.67. The average molecular weight is 150 g/mol. The molecule has 0 saturated heterocycles. The molecule has 0 aromatic carbocycles. The van der Waals surface area contributed by atoms with Crippen LogP contribution in [0.15, 0.2) is 12.3 Å². The second-order valence-corrected chi connectivity index (χ2v) is 2.67. The van der Waals surface area contributed by atoms with E-state index >= 15 is 0 Å². The van der Waals surface area contributed by atoms with Crippen molar-refractivity contribution >= 4 is 5.69 Å². The van der Waals surface area contributed by atoms with E-state index in [1.54, 1.807) is 6.20 Å². The molecule has 1 aromatic heterocycles. The Morgan fingerprint density at radius 1 is 1.64 bits per heavy atom. The highest BCUT2D eigenvalue weighted by Gasteiger charge is 2.10. The predicted octanol–water partition coefficient (Wildman–Crippen LogP) is 0.542. The molecule has 0 saturated carbocycles. The molecule has 0 spiro atoms. The zero-order valence-electron chi connectivity index (χ0n) is 6.17. The Morgan fingerprint density at radius 2 is 2.55 bits per heavy atom. The van der Waals surface area contributed by atoms with E-state index in [-0.39, 0.29) is 6.61 Å². The van der Waals surface area contributed by atoms with E-state index in [0.29, 0.717) is 0 Å². The van der Waals surface area contributed by atoms with Crippen LogP contribution >= 0.6 is 0 Å². The number of pyridine rings is 1. The molecule has 1 aromatic rings. The molecule has 0 bridgehead atoms. The fraction of sp³-hybridized carbons (Fsp3) is 0.375. The molecule has 1 aliphatic rings. The zero-order chi connectivity index (χ0) is 7.68. The van der Waals surface area contributed by atoms with Crippen molar-refractivity contribution in [3.8, 4) is 0 Å². The third kappa shape index (κ3) is 1.07. The summed E-state index contributed by atoms with van der Waals surface area (Å²) in [5.41, 5.74) is 3.07. The third-order valence-corrected chi connectivity index (χ3v) is 1.89. The first-order valence-corrected chi connectivity index (χ1v) is 3.72. The van der Waals surface area contributed by atoms with Crippen molar-refractivity contribution in [2.75, 3.05) is 11.9 Å². The Kier molecular flexibility index (Phi) is 1.51. The molecule has 0 amide bonds. The molecule has 2 N–H and O–H groups in total. The lowest BCUT2D eigenvalue weighted by molar-refractivity contribution is 0.281. The third-order valence-electron chi connectivity index (χ3n) is 1.89. The van der Waals surface area contributed by atoms with Gasteiger partial charge in [-0.25, -0.2) is 0 Å². The van der Waals surface area contributed by atoms with Crippen molar-refractivity contribution in [3.05, 3.63) is 23.5 Å². The molecule has 3 nitrogen and oxygen atoms in total. The van der Waals surface area contributed by atoms with E-state index in [1.807, 2.05) is 6.07 Å². The number of hydrogen-bond acceptors (Lipinski definition) is 3. The number of aliphatic hydroxyl groups is 1. The summed E-state index contributed by atoms with van der Waals surface area (Å²) >= 11 is 0. The maximum Gasteiger partial charge on any atom is 0.0697 e. The van der Waals surface area contributed by atoms with E-state index in [9.17, 15) is 0 Å². The zero-order valence-corrected chi connectivity index (χ0v) is 6.17. The van der Waals surface area contributed by atoms with Gasteiger partial charge in [0.25, 0.3) is 0 Å². The van der Waals surface area contributed by atoms with Crippen LogP contribution in [0, 0.1) is 0 Å². The van der Waals surface area contributed by atoms with Gasteiger partial charge in [0.05, 0.1) is 18.0 Å². The molecule has 0 atom stereocenters. The number of rotatable bonds is 1. The predicted molar refractivity (Wildman–Crippen MR) is 42.4 cm³/mol. The van der Waals surface area contributed by atoms with Gasteiger partial charge in [0.15, 0.2) is 0 Å². The fourth-order valence-electron chi connectivity index (χ4n) is 1.29. The number of nitrogens with one attached hydrogen (secondary N) is 1. The van der Waals surface area contributed by atoms with Gasteiger partial charge in [0.1, 0.15) is 0 Å². The quantitative estimate of drug-likeness (QED) is 0.614. The SMILES string of the molecule is OCc1cnc2c(c1)NCC2. The monoisotopic (exact) mass is 150 g/mol. The van der Waals surface area contributed by atoms with Gasteiger partial charge in [-0.3, -0.25) is 4.98 Å². The topological polar surface area (TPSA) is 45.2 Å². The number of anilines is 1. The average Bonchev–Trinajstić information content (AvgIpc) is 2.50. The normalized spacial score (nSPS) is 14.3. The van der Waals surface area contributed by atoms with Gasteiger partial charge >= 0.3 is 0 Å². The second kappa shape index (κ2) is 2.51. The number of aromatic nitrogens is 1. The fourth-order valence-corrected chi connectivity index (χ4v) is 1.29. The van der Waals surface area contributed by atoms with Crippen LogP contribution < -0.4 is 5.32 Å². The highest BCUT2D eigenvalue weighted by atomic mass is 16.3. The number of hydrogen-bond donors (Lipinski definition) is 2. The number of fused-ring (bicyclic) bond motifs is 1. The first-order valence-electron chi connectivity index (χ1n) is 3.72. The summed E-state index contributed by atoms with van der Waals surface area (Å²) in [5.74, 6) is 0. The van der Waals surface area contributed by atoms with Crippen LogP contribution in [0.2, 0.25) is 0 Å². The minimum absolute atomic E-state index is 0.0714. The molecule has 0 fully saturated rings. The Bertz CT molecular complexity index is 273. The standard InChI is InChI=1S/C8H10N2O/c11-5-6-3-8-7(10-4-6)1-2-9-8/h3-4,9,11H,1-2,5H2. The van der Waals surface area contributed by atoms with Gasteiger partial charge in [-0.15, -0.1) is 0 Å². The van der Waals surface area contributed by atoms with Gasteiger partial charge in [0, 0.05) is 19.2 Å². The van der Waals surface area contributed by atoms with Crippen molar-refractivity contribution in [1.29, 1.82) is 0 Å². The minimum atomic E-state index is 0.0714. The lowest BCUT2D eigenvalue weighted by Crippen LogP contribution is -1.92. The van der Waals surface area contributed by atoms with Crippen LogP contribution in [0.1, 0.15) is 11.3 Å². The molecule has 0 unspecified atom stereocenters. The first-order chi connectivity index (χ1) is 5.40. The van der Waals surface area contributed by atoms with Crippen molar-refractivity contribution in [3.63, 3.8) is 0 Å². The molecule has 2 rings (SSSR count). The summed E-state index contributed by atoms with van der Waals surface area (Å²) in [6.07, 6.45) is 2.73. The first kappa shape index (κ1) is 6.61. The Balaban J connectivity index is 2.41. The van der Waals surface area contributed by atoms with Crippen molar-refractivity contribution < 1.29 is 5.11 Å². The lowest BCUT2D eigenvalue weighted by atomic mass is 10.2. The summed E-state index contributed by atoms with van der Waals surface area (Å²) in [4.78, 5) is 4.21. The lowest BCUT2D eigenvalue weighted by Gasteiger charge is -2.00. The molecular weight excluding hydrogens is 140 g/mol. The summed E-state index contributed by atoms with van der Waals surface area (Å²) < 4.78 is 0. The summed E-state index contributed by atoms with van der Waals surface area (Å²) in [6, 6.07) is 1.95.